The first-order chi connectivity index (χ1) is 11.4. The Morgan fingerprint density at radius 3 is 2.79 bits per heavy atom. The molecule has 24 heavy (non-hydrogen) atoms. The molecule has 0 saturated carbocycles. The molecule has 0 spiro atoms. The number of nitrogens with zero attached hydrogens (tertiary/aromatic N) is 1. The second-order valence-electron chi connectivity index (χ2n) is 7.35. The van der Waals surface area contributed by atoms with Crippen molar-refractivity contribution in [3.63, 3.8) is 0 Å². The molecule has 0 radical (unpaired) electrons. The molecule has 0 amide bonds. The molecule has 3 aliphatic rings. The number of hydrogen-bond donors (Lipinski definition) is 1. The number of ether oxygens (including phenoxy) is 1. The number of hydrogen-bond acceptors (Lipinski definition) is 4. The number of carbonyl (C=O) groups is 1. The molecule has 3 saturated heterocycles. The fourth-order valence-electron chi connectivity index (χ4n) is 4.31. The van der Waals surface area contributed by atoms with Crippen molar-refractivity contribution in [3.05, 3.63) is 34.3 Å². The summed E-state index contributed by atoms with van der Waals surface area (Å²) in [6, 6.07) is 6.29. The number of halogens is 1. The fraction of sp³-hybridized carbons (Fsp3) is 0.632. The summed E-state index contributed by atoms with van der Waals surface area (Å²) in [6.07, 6.45) is 1.62. The summed E-state index contributed by atoms with van der Waals surface area (Å²) in [6.45, 7) is 5.08. The zero-order chi connectivity index (χ0) is 17.5. The number of methoxy groups -OCH3 is 1. The highest BCUT2D eigenvalue weighted by Crippen LogP contribution is 2.48. The summed E-state index contributed by atoms with van der Waals surface area (Å²) in [7, 11) is 1.58. The summed E-state index contributed by atoms with van der Waals surface area (Å²) in [5.74, 6) is 0.513. The molecule has 1 aromatic rings. The van der Waals surface area contributed by atoms with Gasteiger partial charge in [-0.25, -0.2) is 0 Å². The van der Waals surface area contributed by atoms with Crippen molar-refractivity contribution >= 4 is 17.4 Å². The Labute approximate surface area is 148 Å². The van der Waals surface area contributed by atoms with Gasteiger partial charge in [-0.1, -0.05) is 37.6 Å². The zero-order valence-electron chi connectivity index (χ0n) is 14.6. The van der Waals surface area contributed by atoms with Gasteiger partial charge in [0.05, 0.1) is 13.2 Å². The van der Waals surface area contributed by atoms with Crippen LogP contribution >= 0.6 is 11.6 Å². The van der Waals surface area contributed by atoms with E-state index < -0.39 is 5.54 Å². The van der Waals surface area contributed by atoms with Crippen molar-refractivity contribution in [2.75, 3.05) is 26.9 Å². The van der Waals surface area contributed by atoms with E-state index >= 15 is 0 Å². The lowest BCUT2D eigenvalue weighted by molar-refractivity contribution is -0.166. The average Bonchev–Trinajstić information content (AvgIpc) is 2.58. The van der Waals surface area contributed by atoms with E-state index in [1.54, 1.807) is 7.11 Å². The first-order valence-electron chi connectivity index (χ1n) is 8.64. The summed E-state index contributed by atoms with van der Waals surface area (Å²) in [4.78, 5) is 14.9. The molecule has 1 aromatic carbocycles. The molecule has 3 heterocycles. The van der Waals surface area contributed by atoms with E-state index in [1.165, 1.54) is 5.56 Å². The predicted molar refractivity (Wildman–Crippen MR) is 94.4 cm³/mol. The van der Waals surface area contributed by atoms with Gasteiger partial charge in [-0.2, -0.15) is 0 Å². The lowest BCUT2D eigenvalue weighted by atomic mass is 9.69. The van der Waals surface area contributed by atoms with Crippen LogP contribution < -0.4 is 0 Å². The molecule has 4 atom stereocenters. The van der Waals surface area contributed by atoms with Gasteiger partial charge in [0.2, 0.25) is 0 Å². The van der Waals surface area contributed by atoms with Crippen molar-refractivity contribution in [1.82, 2.24) is 4.90 Å². The minimum Gasteiger partial charge on any atom is -0.394 e. The second-order valence-corrected chi connectivity index (χ2v) is 7.76. The van der Waals surface area contributed by atoms with Crippen LogP contribution in [-0.4, -0.2) is 48.2 Å². The highest BCUT2D eigenvalue weighted by molar-refractivity contribution is 6.31. The van der Waals surface area contributed by atoms with Crippen LogP contribution in [0, 0.1) is 5.92 Å². The number of benzene rings is 1. The third-order valence-electron chi connectivity index (χ3n) is 5.68. The maximum absolute atomic E-state index is 12.8. The molecule has 132 valence electrons. The first-order valence-corrected chi connectivity index (χ1v) is 9.02. The fourth-order valence-corrected chi connectivity index (χ4v) is 4.63. The Balaban J connectivity index is 1.99. The van der Waals surface area contributed by atoms with Gasteiger partial charge in [0.15, 0.2) is 5.78 Å². The summed E-state index contributed by atoms with van der Waals surface area (Å²) < 4.78 is 5.31. The predicted octanol–water partition coefficient (Wildman–Crippen LogP) is 3.18. The number of aliphatic hydroxyl groups is 1. The Morgan fingerprint density at radius 1 is 1.46 bits per heavy atom. The van der Waals surface area contributed by atoms with Crippen molar-refractivity contribution in [2.24, 2.45) is 5.92 Å². The van der Waals surface area contributed by atoms with E-state index in [0.717, 1.165) is 30.0 Å². The number of carbonyl (C=O) groups excluding carboxylic acids is 1. The summed E-state index contributed by atoms with van der Waals surface area (Å²) in [5.41, 5.74) is 1.33. The molecule has 3 unspecified atom stereocenters. The van der Waals surface area contributed by atoms with Gasteiger partial charge in [-0.15, -0.1) is 0 Å². The maximum atomic E-state index is 12.8. The minimum atomic E-state index is -0.930. The average molecular weight is 352 g/mol. The molecule has 4 rings (SSSR count). The Kier molecular flexibility index (Phi) is 5.03. The third kappa shape index (κ3) is 2.70. The quantitative estimate of drug-likeness (QED) is 0.885. The van der Waals surface area contributed by atoms with E-state index in [9.17, 15) is 9.90 Å². The van der Waals surface area contributed by atoms with Crippen LogP contribution in [-0.2, 0) is 9.53 Å². The number of fused-ring (bicyclic) bond motifs is 3. The Hall–Kier alpha value is -0.940. The van der Waals surface area contributed by atoms with Gasteiger partial charge < -0.3 is 9.84 Å². The van der Waals surface area contributed by atoms with Crippen molar-refractivity contribution in [3.8, 4) is 0 Å². The van der Waals surface area contributed by atoms with Crippen molar-refractivity contribution in [2.45, 2.75) is 44.2 Å². The van der Waals surface area contributed by atoms with Gasteiger partial charge in [-0.3, -0.25) is 9.69 Å². The highest BCUT2D eigenvalue weighted by Gasteiger charge is 2.56. The molecule has 3 fully saturated rings. The third-order valence-corrected chi connectivity index (χ3v) is 6.00. The lowest BCUT2D eigenvalue weighted by Crippen LogP contribution is -2.69. The van der Waals surface area contributed by atoms with Crippen LogP contribution in [0.1, 0.15) is 49.8 Å². The van der Waals surface area contributed by atoms with E-state index in [-0.39, 0.29) is 31.0 Å². The molecule has 4 nitrogen and oxygen atoms in total. The Morgan fingerprint density at radius 2 is 2.21 bits per heavy atom. The van der Waals surface area contributed by atoms with Gasteiger partial charge in [-0.05, 0) is 36.0 Å². The smallest absolute Gasteiger partial charge is 0.161 e. The molecule has 3 aliphatic heterocycles. The lowest BCUT2D eigenvalue weighted by Gasteiger charge is -2.56. The second kappa shape index (κ2) is 6.75. The van der Waals surface area contributed by atoms with E-state index in [2.05, 4.69) is 30.9 Å². The van der Waals surface area contributed by atoms with Crippen LogP contribution in [0.5, 0.6) is 0 Å². The van der Waals surface area contributed by atoms with Gasteiger partial charge >= 0.3 is 0 Å². The molecule has 5 heteroatoms. The van der Waals surface area contributed by atoms with Gasteiger partial charge in [0.25, 0.3) is 0 Å². The Bertz CT molecular complexity index is 633. The number of ketones is 1. The van der Waals surface area contributed by atoms with E-state index in [0.29, 0.717) is 5.92 Å². The molecule has 0 aromatic heterocycles. The molecular weight excluding hydrogens is 326 g/mol. The monoisotopic (exact) mass is 351 g/mol. The molecule has 1 N–H and O–H groups in total. The number of rotatable bonds is 5. The normalized spacial score (nSPS) is 32.6. The van der Waals surface area contributed by atoms with E-state index in [1.807, 2.05) is 6.07 Å². The van der Waals surface area contributed by atoms with Crippen LogP contribution in [0.15, 0.2) is 18.2 Å². The van der Waals surface area contributed by atoms with Crippen molar-refractivity contribution < 1.29 is 14.6 Å². The van der Waals surface area contributed by atoms with Crippen LogP contribution in [0.3, 0.4) is 0 Å². The summed E-state index contributed by atoms with van der Waals surface area (Å²) in [5, 5.41) is 10.8. The molecule has 0 aliphatic carbocycles. The van der Waals surface area contributed by atoms with Crippen LogP contribution in [0.25, 0.3) is 0 Å². The van der Waals surface area contributed by atoms with Crippen LogP contribution in [0.4, 0.5) is 0 Å². The molecular formula is C19H26ClNO3. The maximum Gasteiger partial charge on any atom is 0.161 e. The number of Topliss-reactive ketones (excluding diaryl/α,β-unsaturated/α-hetero) is 1. The largest absolute Gasteiger partial charge is 0.394 e. The van der Waals surface area contributed by atoms with Crippen LogP contribution in [0.2, 0.25) is 5.02 Å². The van der Waals surface area contributed by atoms with Gasteiger partial charge in [0.1, 0.15) is 5.54 Å². The highest BCUT2D eigenvalue weighted by atomic mass is 35.5. The van der Waals surface area contributed by atoms with E-state index in [4.69, 9.17) is 16.3 Å². The minimum absolute atomic E-state index is 0.0249. The van der Waals surface area contributed by atoms with Gasteiger partial charge in [0, 0.05) is 30.6 Å². The topological polar surface area (TPSA) is 49.8 Å². The zero-order valence-corrected chi connectivity index (χ0v) is 15.3. The number of piperidine rings is 3. The SMILES string of the molecule is COCC1(CO)C(=O)C2CCN1[C@H](c1ccc(C(C)C)cc1Cl)C2. The summed E-state index contributed by atoms with van der Waals surface area (Å²) >= 11 is 6.59. The standard InChI is InChI=1S/C19H26ClNO3/c1-12(2)13-4-5-15(16(20)8-13)17-9-14-6-7-21(17)19(10-22,11-24-3)18(14)23/h4-5,8,12,14,17,22H,6-7,9-11H2,1-3H3/t14?,17-,19?/m0/s1. The first kappa shape index (κ1) is 17.9. The molecule has 2 bridgehead atoms. The van der Waals surface area contributed by atoms with Crippen molar-refractivity contribution in [1.29, 1.82) is 0 Å². The number of aliphatic hydroxyl groups excluding tert-OH is 1.